The summed E-state index contributed by atoms with van der Waals surface area (Å²) in [7, 11) is -3.78. The molecule has 2 atom stereocenters. The number of nitrogens with zero attached hydrogens (tertiary/aromatic N) is 2. The summed E-state index contributed by atoms with van der Waals surface area (Å²) < 4.78 is 34.2. The normalized spacial score (nSPS) is 19.6. The van der Waals surface area contributed by atoms with Crippen LogP contribution in [0.3, 0.4) is 0 Å². The lowest BCUT2D eigenvalue weighted by Gasteiger charge is -2.38. The fourth-order valence-corrected chi connectivity index (χ4v) is 6.03. The molecule has 0 amide bonds. The molecule has 0 aliphatic heterocycles. The third-order valence-corrected chi connectivity index (χ3v) is 8.00. The minimum atomic E-state index is -3.78. The molecule has 0 unspecified atom stereocenters. The summed E-state index contributed by atoms with van der Waals surface area (Å²) in [5.74, 6) is 0.437. The maximum atomic E-state index is 13.6. The van der Waals surface area contributed by atoms with E-state index in [0.717, 1.165) is 36.8 Å². The first-order valence-corrected chi connectivity index (χ1v) is 12.2. The Hall–Kier alpha value is -2.19. The Morgan fingerprint density at radius 1 is 1.06 bits per heavy atom. The fourth-order valence-electron chi connectivity index (χ4n) is 4.20. The lowest BCUT2D eigenvalue weighted by atomic mass is 9.85. The van der Waals surface area contributed by atoms with Gasteiger partial charge in [-0.15, -0.1) is 0 Å². The van der Waals surface area contributed by atoms with Crippen LogP contribution in [0, 0.1) is 5.92 Å². The summed E-state index contributed by atoms with van der Waals surface area (Å²) >= 11 is 5.97. The second-order valence-electron chi connectivity index (χ2n) is 7.83. The molecule has 164 valence electrons. The highest BCUT2D eigenvalue weighted by molar-refractivity contribution is 7.89. The van der Waals surface area contributed by atoms with Crippen molar-refractivity contribution in [3.05, 3.63) is 71.6 Å². The van der Waals surface area contributed by atoms with Crippen LogP contribution in [0.25, 0.3) is 11.5 Å². The van der Waals surface area contributed by atoms with E-state index in [1.807, 2.05) is 24.3 Å². The molecule has 3 aromatic rings. The van der Waals surface area contributed by atoms with E-state index >= 15 is 0 Å². The number of hydrogen-bond donors (Lipinski definition) is 1. The predicted octanol–water partition coefficient (Wildman–Crippen LogP) is 4.74. The summed E-state index contributed by atoms with van der Waals surface area (Å²) in [6.45, 7) is 0.193. The van der Waals surface area contributed by atoms with Crippen LogP contribution in [0.2, 0.25) is 5.02 Å². The average Bonchev–Trinajstić information content (AvgIpc) is 3.33. The lowest BCUT2D eigenvalue weighted by molar-refractivity contribution is 0.109. The number of benzene rings is 2. The van der Waals surface area contributed by atoms with Crippen molar-refractivity contribution >= 4 is 21.6 Å². The van der Waals surface area contributed by atoms with Gasteiger partial charge in [0.05, 0.1) is 11.1 Å². The molecule has 6 nitrogen and oxygen atoms in total. The monoisotopic (exact) mass is 460 g/mol. The lowest BCUT2D eigenvalue weighted by Crippen LogP contribution is -2.46. The van der Waals surface area contributed by atoms with Gasteiger partial charge in [-0.3, -0.25) is 0 Å². The molecule has 1 aliphatic carbocycles. The van der Waals surface area contributed by atoms with E-state index < -0.39 is 10.0 Å². The molecule has 4 rings (SSSR count). The summed E-state index contributed by atoms with van der Waals surface area (Å²) in [6.07, 6.45) is 6.59. The number of hydrogen-bond acceptors (Lipinski definition) is 5. The molecule has 2 aromatic carbocycles. The van der Waals surface area contributed by atoms with E-state index in [0.29, 0.717) is 10.9 Å². The molecule has 8 heteroatoms. The molecule has 1 fully saturated rings. The maximum Gasteiger partial charge on any atom is 0.243 e. The summed E-state index contributed by atoms with van der Waals surface area (Å²) in [5.41, 5.74) is 1.68. The minimum absolute atomic E-state index is 0.0274. The molecule has 1 aromatic heterocycles. The first-order valence-electron chi connectivity index (χ1n) is 10.4. The molecule has 1 aliphatic rings. The summed E-state index contributed by atoms with van der Waals surface area (Å²) in [4.78, 5) is 4.35. The van der Waals surface area contributed by atoms with Crippen LogP contribution in [0.5, 0.6) is 0 Å². The van der Waals surface area contributed by atoms with Crippen molar-refractivity contribution in [3.63, 3.8) is 0 Å². The van der Waals surface area contributed by atoms with Gasteiger partial charge in [-0.2, -0.15) is 4.31 Å². The molecule has 1 heterocycles. The van der Waals surface area contributed by atoms with Crippen LogP contribution in [0.15, 0.2) is 70.3 Å². The smallest absolute Gasteiger partial charge is 0.243 e. The van der Waals surface area contributed by atoms with Crippen molar-refractivity contribution < 1.29 is 17.9 Å². The molecule has 0 spiro atoms. The highest BCUT2D eigenvalue weighted by Gasteiger charge is 2.37. The van der Waals surface area contributed by atoms with Gasteiger partial charge in [0.2, 0.25) is 15.9 Å². The van der Waals surface area contributed by atoms with Gasteiger partial charge in [0, 0.05) is 29.8 Å². The number of rotatable bonds is 7. The zero-order valence-corrected chi connectivity index (χ0v) is 18.6. The Morgan fingerprint density at radius 2 is 1.77 bits per heavy atom. The molecule has 1 saturated carbocycles. The largest absolute Gasteiger partial charge is 0.445 e. The number of aromatic nitrogens is 1. The number of aliphatic hydroxyl groups is 1. The summed E-state index contributed by atoms with van der Waals surface area (Å²) in [6, 6.07) is 13.5. The minimum Gasteiger partial charge on any atom is -0.445 e. The van der Waals surface area contributed by atoms with E-state index in [1.54, 1.807) is 22.6 Å². The van der Waals surface area contributed by atoms with Crippen LogP contribution in [-0.4, -0.2) is 35.5 Å². The molecular formula is C23H25ClN2O4S. The number of sulfonamides is 1. The van der Waals surface area contributed by atoms with Gasteiger partial charge in [-0.05, 0) is 60.7 Å². The van der Waals surface area contributed by atoms with Crippen molar-refractivity contribution in [1.82, 2.24) is 9.29 Å². The van der Waals surface area contributed by atoms with Crippen LogP contribution in [0.1, 0.15) is 31.2 Å². The molecule has 0 radical (unpaired) electrons. The van der Waals surface area contributed by atoms with Crippen molar-refractivity contribution in [2.45, 2.75) is 43.2 Å². The van der Waals surface area contributed by atoms with E-state index in [-0.39, 0.29) is 30.0 Å². The van der Waals surface area contributed by atoms with Gasteiger partial charge in [0.15, 0.2) is 0 Å². The molecule has 0 bridgehead atoms. The Balaban J connectivity index is 1.67. The number of aliphatic hydroxyl groups excluding tert-OH is 1. The van der Waals surface area contributed by atoms with Crippen molar-refractivity contribution in [3.8, 4) is 11.5 Å². The van der Waals surface area contributed by atoms with E-state index in [1.165, 1.54) is 18.4 Å². The Morgan fingerprint density at radius 3 is 2.42 bits per heavy atom. The number of halogens is 1. The van der Waals surface area contributed by atoms with Gasteiger partial charge in [0.25, 0.3) is 0 Å². The van der Waals surface area contributed by atoms with Crippen LogP contribution in [-0.2, 0) is 16.6 Å². The first-order chi connectivity index (χ1) is 15.0. The highest BCUT2D eigenvalue weighted by atomic mass is 35.5. The molecular weight excluding hydrogens is 436 g/mol. The zero-order valence-electron chi connectivity index (χ0n) is 17.0. The fraction of sp³-hybridized carbons (Fsp3) is 0.348. The third-order valence-electron chi connectivity index (χ3n) is 5.87. The van der Waals surface area contributed by atoms with Gasteiger partial charge in [-0.1, -0.05) is 36.6 Å². The average molecular weight is 461 g/mol. The second kappa shape index (κ2) is 9.53. The zero-order chi connectivity index (χ0) is 21.8. The molecule has 0 saturated heterocycles. The van der Waals surface area contributed by atoms with Gasteiger partial charge < -0.3 is 9.52 Å². The van der Waals surface area contributed by atoms with Crippen molar-refractivity contribution in [1.29, 1.82) is 0 Å². The van der Waals surface area contributed by atoms with Crippen molar-refractivity contribution in [2.24, 2.45) is 5.92 Å². The third kappa shape index (κ3) is 4.85. The van der Waals surface area contributed by atoms with Gasteiger partial charge in [-0.25, -0.2) is 13.4 Å². The second-order valence-corrected chi connectivity index (χ2v) is 10.2. The van der Waals surface area contributed by atoms with E-state index in [2.05, 4.69) is 4.98 Å². The molecule has 1 N–H and O–H groups in total. The van der Waals surface area contributed by atoms with Crippen LogP contribution in [0.4, 0.5) is 0 Å². The maximum absolute atomic E-state index is 13.6. The Bertz CT molecular complexity index is 1080. The van der Waals surface area contributed by atoms with E-state index in [9.17, 15) is 13.5 Å². The molecule has 31 heavy (non-hydrogen) atoms. The number of oxazole rings is 1. The van der Waals surface area contributed by atoms with Crippen molar-refractivity contribution in [2.75, 3.05) is 6.61 Å². The Labute approximate surface area is 187 Å². The van der Waals surface area contributed by atoms with E-state index in [4.69, 9.17) is 16.0 Å². The quantitative estimate of drug-likeness (QED) is 0.550. The Kier molecular flexibility index (Phi) is 6.77. The summed E-state index contributed by atoms with van der Waals surface area (Å²) in [5, 5.41) is 10.4. The van der Waals surface area contributed by atoms with Gasteiger partial charge >= 0.3 is 0 Å². The highest BCUT2D eigenvalue weighted by Crippen LogP contribution is 2.33. The topological polar surface area (TPSA) is 83.6 Å². The van der Waals surface area contributed by atoms with Crippen LogP contribution < -0.4 is 0 Å². The predicted molar refractivity (Wildman–Crippen MR) is 119 cm³/mol. The SMILES string of the molecule is O=S(=O)(c1ccc(Cl)cc1)N(Cc1ccc(-c2ncco2)cc1)[C@@H]1CCCC[C@H]1CO. The first kappa shape index (κ1) is 22.0. The van der Waals surface area contributed by atoms with Crippen LogP contribution >= 0.6 is 11.6 Å². The standard InChI is InChI=1S/C23H25ClN2O4S/c24-20-9-11-21(12-10-20)31(28,29)26(22-4-2-1-3-19(22)16-27)15-17-5-7-18(8-6-17)23-25-13-14-30-23/h5-14,19,22,27H,1-4,15-16H2/t19-,22+/m0/s1. The van der Waals surface area contributed by atoms with Gasteiger partial charge in [0.1, 0.15) is 6.26 Å².